The molecule has 0 radical (unpaired) electrons. The van der Waals surface area contributed by atoms with Crippen LogP contribution in [0.2, 0.25) is 0 Å². The number of nitrogens with zero attached hydrogens (tertiary/aromatic N) is 7. The van der Waals surface area contributed by atoms with Gasteiger partial charge in [-0.25, -0.2) is 4.98 Å². The predicted octanol–water partition coefficient (Wildman–Crippen LogP) is 3.23. The largest absolute Gasteiger partial charge is 0.347 e. The number of hydrogen-bond acceptors (Lipinski definition) is 8. The number of anilines is 3. The van der Waals surface area contributed by atoms with Crippen molar-refractivity contribution in [1.29, 1.82) is 0 Å². The van der Waals surface area contributed by atoms with Crippen molar-refractivity contribution in [1.82, 2.24) is 29.9 Å². The van der Waals surface area contributed by atoms with Gasteiger partial charge >= 0.3 is 0 Å². The first-order chi connectivity index (χ1) is 13.2. The van der Waals surface area contributed by atoms with Gasteiger partial charge in [0.15, 0.2) is 0 Å². The van der Waals surface area contributed by atoms with Crippen molar-refractivity contribution in [2.45, 2.75) is 12.8 Å². The molecule has 27 heavy (non-hydrogen) atoms. The number of hydrogen-bond donors (Lipinski definition) is 1. The van der Waals surface area contributed by atoms with Gasteiger partial charge in [0.05, 0.1) is 17.2 Å². The van der Waals surface area contributed by atoms with E-state index in [0.717, 1.165) is 51.3 Å². The molecule has 1 saturated heterocycles. The van der Waals surface area contributed by atoms with Crippen LogP contribution in [-0.4, -0.2) is 43.0 Å². The Hall–Kier alpha value is -3.07. The SMILES string of the molecule is Cn1cc(-c2cnc3ccc(Nc4nnc(N5CCCC5)s4)nc3c2)cn1. The second-order valence-corrected chi connectivity index (χ2v) is 7.53. The van der Waals surface area contributed by atoms with Gasteiger partial charge in [-0.1, -0.05) is 11.3 Å². The Morgan fingerprint density at radius 2 is 1.93 bits per heavy atom. The minimum absolute atomic E-state index is 0.733. The summed E-state index contributed by atoms with van der Waals surface area (Å²) in [5, 5.41) is 17.8. The highest BCUT2D eigenvalue weighted by Gasteiger charge is 2.17. The average molecular weight is 378 g/mol. The third kappa shape index (κ3) is 3.21. The van der Waals surface area contributed by atoms with Crippen molar-refractivity contribution in [3.05, 3.63) is 36.8 Å². The highest BCUT2D eigenvalue weighted by molar-refractivity contribution is 7.19. The predicted molar refractivity (Wildman–Crippen MR) is 106 cm³/mol. The molecule has 0 bridgehead atoms. The van der Waals surface area contributed by atoms with E-state index in [2.05, 4.69) is 30.5 Å². The standard InChI is InChI=1S/C18H18N8S/c1-25-11-13(10-20-25)12-8-15-14(19-9-12)4-5-16(21-15)22-17-23-24-18(27-17)26-6-2-3-7-26/h4-5,8-11H,2-3,6-7H2,1H3,(H,21,22,23). The Kier molecular flexibility index (Phi) is 3.93. The zero-order chi connectivity index (χ0) is 18.2. The third-order valence-electron chi connectivity index (χ3n) is 4.60. The van der Waals surface area contributed by atoms with Crippen molar-refractivity contribution >= 4 is 38.5 Å². The molecule has 1 aliphatic heterocycles. The molecule has 0 spiro atoms. The lowest BCUT2D eigenvalue weighted by atomic mass is 10.1. The average Bonchev–Trinajstić information content (AvgIpc) is 3.42. The van der Waals surface area contributed by atoms with Crippen LogP contribution in [0.5, 0.6) is 0 Å². The lowest BCUT2D eigenvalue weighted by Gasteiger charge is -2.10. The highest BCUT2D eigenvalue weighted by atomic mass is 32.1. The van der Waals surface area contributed by atoms with Crippen LogP contribution >= 0.6 is 11.3 Å². The van der Waals surface area contributed by atoms with Gasteiger partial charge in [-0.05, 0) is 31.0 Å². The molecule has 1 fully saturated rings. The molecule has 1 aliphatic rings. The Morgan fingerprint density at radius 1 is 1.04 bits per heavy atom. The summed E-state index contributed by atoms with van der Waals surface area (Å²) in [6.45, 7) is 2.12. The van der Waals surface area contributed by atoms with E-state index in [0.29, 0.717) is 0 Å². The maximum absolute atomic E-state index is 4.69. The minimum atomic E-state index is 0.733. The van der Waals surface area contributed by atoms with Gasteiger partial charge in [-0.15, -0.1) is 10.2 Å². The maximum atomic E-state index is 4.69. The van der Waals surface area contributed by atoms with Crippen molar-refractivity contribution in [2.24, 2.45) is 7.05 Å². The summed E-state index contributed by atoms with van der Waals surface area (Å²) in [5.74, 6) is 0.733. The Bertz CT molecular complexity index is 1100. The molecule has 5 rings (SSSR count). The van der Waals surface area contributed by atoms with Gasteiger partial charge in [-0.2, -0.15) is 5.10 Å². The fourth-order valence-corrected chi connectivity index (χ4v) is 4.02. The van der Waals surface area contributed by atoms with Crippen LogP contribution in [0.15, 0.2) is 36.8 Å². The van der Waals surface area contributed by atoms with E-state index < -0.39 is 0 Å². The Balaban J connectivity index is 1.41. The molecule has 5 heterocycles. The molecular weight excluding hydrogens is 360 g/mol. The molecule has 4 aromatic rings. The molecule has 0 aromatic carbocycles. The first kappa shape index (κ1) is 16.1. The summed E-state index contributed by atoms with van der Waals surface area (Å²) in [4.78, 5) is 11.5. The molecule has 0 unspecified atom stereocenters. The van der Waals surface area contributed by atoms with E-state index in [1.807, 2.05) is 43.8 Å². The maximum Gasteiger partial charge on any atom is 0.212 e. The molecule has 0 aliphatic carbocycles. The second-order valence-electron chi connectivity index (χ2n) is 6.57. The Labute approximate surface area is 159 Å². The van der Waals surface area contributed by atoms with Gasteiger partial charge in [0.25, 0.3) is 0 Å². The van der Waals surface area contributed by atoms with Gasteiger partial charge < -0.3 is 10.2 Å². The number of nitrogens with one attached hydrogen (secondary N) is 1. The van der Waals surface area contributed by atoms with E-state index in [9.17, 15) is 0 Å². The van der Waals surface area contributed by atoms with Crippen molar-refractivity contribution < 1.29 is 0 Å². The van der Waals surface area contributed by atoms with Crippen LogP contribution in [0.25, 0.3) is 22.2 Å². The molecule has 0 saturated carbocycles. The van der Waals surface area contributed by atoms with Gasteiger partial charge in [0.2, 0.25) is 10.3 Å². The van der Waals surface area contributed by atoms with Crippen LogP contribution in [-0.2, 0) is 7.05 Å². The van der Waals surface area contributed by atoms with E-state index in [4.69, 9.17) is 4.98 Å². The van der Waals surface area contributed by atoms with Crippen LogP contribution in [0.3, 0.4) is 0 Å². The summed E-state index contributed by atoms with van der Waals surface area (Å²) in [7, 11) is 1.90. The molecular formula is C18H18N8S. The first-order valence-corrected chi connectivity index (χ1v) is 9.67. The number of rotatable bonds is 4. The van der Waals surface area contributed by atoms with Crippen molar-refractivity contribution in [3.63, 3.8) is 0 Å². The van der Waals surface area contributed by atoms with E-state index >= 15 is 0 Å². The lowest BCUT2D eigenvalue weighted by Crippen LogP contribution is -2.17. The molecule has 0 atom stereocenters. The summed E-state index contributed by atoms with van der Waals surface area (Å²) in [5.41, 5.74) is 3.69. The van der Waals surface area contributed by atoms with Gasteiger partial charge in [0, 0.05) is 43.7 Å². The van der Waals surface area contributed by atoms with Gasteiger partial charge in [0.1, 0.15) is 5.82 Å². The van der Waals surface area contributed by atoms with E-state index in [1.54, 1.807) is 16.0 Å². The molecule has 4 aromatic heterocycles. The summed E-state index contributed by atoms with van der Waals surface area (Å²) in [6.07, 6.45) is 8.08. The summed E-state index contributed by atoms with van der Waals surface area (Å²) < 4.78 is 1.78. The number of pyridine rings is 2. The van der Waals surface area contributed by atoms with Crippen molar-refractivity contribution in [3.8, 4) is 11.1 Å². The smallest absolute Gasteiger partial charge is 0.212 e. The zero-order valence-electron chi connectivity index (χ0n) is 14.8. The van der Waals surface area contributed by atoms with Crippen LogP contribution in [0.4, 0.5) is 16.1 Å². The summed E-state index contributed by atoms with van der Waals surface area (Å²) >= 11 is 1.56. The monoisotopic (exact) mass is 378 g/mol. The Morgan fingerprint density at radius 3 is 2.74 bits per heavy atom. The first-order valence-electron chi connectivity index (χ1n) is 8.86. The fourth-order valence-electron chi connectivity index (χ4n) is 3.22. The van der Waals surface area contributed by atoms with E-state index in [1.165, 1.54) is 12.8 Å². The quantitative estimate of drug-likeness (QED) is 0.583. The van der Waals surface area contributed by atoms with Crippen LogP contribution < -0.4 is 10.2 Å². The number of aromatic nitrogens is 6. The molecule has 1 N–H and O–H groups in total. The lowest BCUT2D eigenvalue weighted by molar-refractivity contribution is 0.768. The minimum Gasteiger partial charge on any atom is -0.347 e. The third-order valence-corrected chi connectivity index (χ3v) is 5.50. The van der Waals surface area contributed by atoms with Crippen LogP contribution in [0, 0.1) is 0 Å². The fraction of sp³-hybridized carbons (Fsp3) is 0.278. The topological polar surface area (TPSA) is 84.7 Å². The molecule has 136 valence electrons. The normalized spacial score (nSPS) is 14.2. The summed E-state index contributed by atoms with van der Waals surface area (Å²) in [6, 6.07) is 5.90. The second kappa shape index (κ2) is 6.58. The van der Waals surface area contributed by atoms with Gasteiger partial charge in [-0.3, -0.25) is 9.67 Å². The van der Waals surface area contributed by atoms with Crippen LogP contribution in [0.1, 0.15) is 12.8 Å². The number of aryl methyl sites for hydroxylation is 1. The van der Waals surface area contributed by atoms with Crippen molar-refractivity contribution in [2.75, 3.05) is 23.3 Å². The number of fused-ring (bicyclic) bond motifs is 1. The highest BCUT2D eigenvalue weighted by Crippen LogP contribution is 2.29. The zero-order valence-corrected chi connectivity index (χ0v) is 15.6. The molecule has 9 heteroatoms. The molecule has 8 nitrogen and oxygen atoms in total. The molecule has 0 amide bonds. The van der Waals surface area contributed by atoms with E-state index in [-0.39, 0.29) is 0 Å².